The molecular formula is C20H39NO4. The Morgan fingerprint density at radius 2 is 1.32 bits per heavy atom. The van der Waals surface area contributed by atoms with Crippen LogP contribution in [0.15, 0.2) is 0 Å². The molecule has 0 aliphatic heterocycles. The Morgan fingerprint density at radius 1 is 0.880 bits per heavy atom. The monoisotopic (exact) mass is 357 g/mol. The molecule has 5 heteroatoms. The van der Waals surface area contributed by atoms with E-state index in [1.54, 1.807) is 6.92 Å². The van der Waals surface area contributed by atoms with Crippen molar-refractivity contribution >= 4 is 12.1 Å². The van der Waals surface area contributed by atoms with Gasteiger partial charge in [0.05, 0.1) is 0 Å². The molecule has 0 bridgehead atoms. The minimum atomic E-state index is -1.53. The number of ether oxygens (including phenoxy) is 1. The third-order valence-electron chi connectivity index (χ3n) is 5.25. The van der Waals surface area contributed by atoms with Crippen molar-refractivity contribution < 1.29 is 19.4 Å². The molecule has 0 amide bonds. The summed E-state index contributed by atoms with van der Waals surface area (Å²) in [7, 11) is 1.86. The normalized spacial score (nSPS) is 13.6. The topological polar surface area (TPSA) is 66.8 Å². The van der Waals surface area contributed by atoms with E-state index in [9.17, 15) is 9.59 Å². The second kappa shape index (κ2) is 14.1. The molecule has 0 saturated carbocycles. The van der Waals surface area contributed by atoms with Crippen LogP contribution in [0.3, 0.4) is 0 Å². The van der Waals surface area contributed by atoms with Crippen LogP contribution < -0.4 is 0 Å². The molecule has 0 spiro atoms. The lowest BCUT2D eigenvalue weighted by atomic mass is 9.96. The van der Waals surface area contributed by atoms with Gasteiger partial charge in [0.2, 0.25) is 0 Å². The van der Waals surface area contributed by atoms with E-state index < -0.39 is 17.7 Å². The number of unbranched alkanes of at least 4 members (excludes halogenated alkanes) is 10. The van der Waals surface area contributed by atoms with Crippen LogP contribution in [0.4, 0.5) is 4.79 Å². The fraction of sp³-hybridized carbons (Fsp3) is 0.900. The first-order valence-corrected chi connectivity index (χ1v) is 10.0. The molecule has 0 aliphatic carbocycles. The summed E-state index contributed by atoms with van der Waals surface area (Å²) in [5.74, 6) is -0.687. The first-order chi connectivity index (χ1) is 11.9. The Hall–Kier alpha value is -1.10. The number of hydrogen-bond acceptors (Lipinski definition) is 4. The number of nitrogens with zero attached hydrogens (tertiary/aromatic N) is 1. The van der Waals surface area contributed by atoms with Gasteiger partial charge in [0.15, 0.2) is 0 Å². The molecule has 0 fully saturated rings. The minimum absolute atomic E-state index is 0.521. The third-order valence-corrected chi connectivity index (χ3v) is 5.25. The average Bonchev–Trinajstić information content (AvgIpc) is 2.57. The maximum atomic E-state index is 12.0. The number of carbonyl (C=O) groups is 2. The highest BCUT2D eigenvalue weighted by atomic mass is 16.7. The van der Waals surface area contributed by atoms with E-state index in [2.05, 4.69) is 11.7 Å². The van der Waals surface area contributed by atoms with Crippen LogP contribution in [0.5, 0.6) is 0 Å². The first-order valence-electron chi connectivity index (χ1n) is 10.0. The van der Waals surface area contributed by atoms with Crippen molar-refractivity contribution in [2.75, 3.05) is 13.6 Å². The molecule has 1 unspecified atom stereocenters. The largest absolute Gasteiger partial charge is 0.513 e. The molecule has 148 valence electrons. The summed E-state index contributed by atoms with van der Waals surface area (Å²) in [6.45, 7) is 6.64. The van der Waals surface area contributed by atoms with E-state index >= 15 is 0 Å². The van der Waals surface area contributed by atoms with Gasteiger partial charge in [-0.3, -0.25) is 4.90 Å². The summed E-state index contributed by atoms with van der Waals surface area (Å²) < 4.78 is 4.37. The molecule has 0 aromatic heterocycles. The molecule has 25 heavy (non-hydrogen) atoms. The van der Waals surface area contributed by atoms with Crippen molar-refractivity contribution in [2.24, 2.45) is 0 Å². The molecule has 0 rings (SSSR count). The van der Waals surface area contributed by atoms with Crippen molar-refractivity contribution in [3.05, 3.63) is 0 Å². The lowest BCUT2D eigenvalue weighted by molar-refractivity contribution is -0.151. The summed E-state index contributed by atoms with van der Waals surface area (Å²) in [6, 6.07) is 0. The summed E-state index contributed by atoms with van der Waals surface area (Å²) >= 11 is 0. The molecular weight excluding hydrogens is 318 g/mol. The van der Waals surface area contributed by atoms with Crippen LogP contribution in [0, 0.1) is 0 Å². The molecule has 5 nitrogen and oxygen atoms in total. The Kier molecular flexibility index (Phi) is 13.5. The van der Waals surface area contributed by atoms with Gasteiger partial charge in [0.1, 0.15) is 5.54 Å². The van der Waals surface area contributed by atoms with Crippen LogP contribution in [0.1, 0.15) is 97.8 Å². The summed E-state index contributed by atoms with van der Waals surface area (Å²) in [5, 5.41) is 8.64. The van der Waals surface area contributed by atoms with Gasteiger partial charge in [-0.05, 0) is 33.4 Å². The zero-order valence-corrected chi connectivity index (χ0v) is 16.8. The van der Waals surface area contributed by atoms with Crippen LogP contribution in [0.2, 0.25) is 0 Å². The van der Waals surface area contributed by atoms with E-state index in [1.165, 1.54) is 57.8 Å². The standard InChI is InChI=1S/C20H39NO4/c1-5-7-8-9-10-11-12-13-14-15-16-17-21(4)20(3,6-2)18(22)25-19(23)24/h5-17H2,1-4H3,(H,23,24). The van der Waals surface area contributed by atoms with E-state index in [1.807, 2.05) is 18.9 Å². The van der Waals surface area contributed by atoms with E-state index in [-0.39, 0.29) is 0 Å². The van der Waals surface area contributed by atoms with Crippen molar-refractivity contribution in [3.63, 3.8) is 0 Å². The van der Waals surface area contributed by atoms with Gasteiger partial charge in [-0.1, -0.05) is 78.1 Å². The number of carboxylic acid groups (broad SMARTS) is 1. The van der Waals surface area contributed by atoms with Gasteiger partial charge >= 0.3 is 12.1 Å². The molecule has 0 aromatic carbocycles. The average molecular weight is 358 g/mol. The number of carbonyl (C=O) groups excluding carboxylic acids is 1. The lowest BCUT2D eigenvalue weighted by Gasteiger charge is -2.35. The van der Waals surface area contributed by atoms with Gasteiger partial charge < -0.3 is 9.84 Å². The smallest absolute Gasteiger partial charge is 0.449 e. The highest BCUT2D eigenvalue weighted by molar-refractivity contribution is 5.87. The number of likely N-dealkylation sites (N-methyl/N-ethyl adjacent to an activating group) is 1. The fourth-order valence-electron chi connectivity index (χ4n) is 3.02. The van der Waals surface area contributed by atoms with Gasteiger partial charge in [-0.15, -0.1) is 0 Å². The van der Waals surface area contributed by atoms with E-state index in [0.717, 1.165) is 19.4 Å². The zero-order chi connectivity index (χ0) is 19.1. The van der Waals surface area contributed by atoms with E-state index in [0.29, 0.717) is 6.42 Å². The molecule has 1 N–H and O–H groups in total. The molecule has 1 atom stereocenters. The maximum Gasteiger partial charge on any atom is 0.513 e. The fourth-order valence-corrected chi connectivity index (χ4v) is 3.02. The molecule has 0 aliphatic rings. The Balaban J connectivity index is 3.81. The predicted octanol–water partition coefficient (Wildman–Crippen LogP) is 5.62. The minimum Gasteiger partial charge on any atom is -0.449 e. The predicted molar refractivity (Wildman–Crippen MR) is 102 cm³/mol. The van der Waals surface area contributed by atoms with E-state index in [4.69, 9.17) is 5.11 Å². The SMILES string of the molecule is CCCCCCCCCCCCCN(C)C(C)(CC)C(=O)OC(=O)O. The van der Waals surface area contributed by atoms with Crippen molar-refractivity contribution in [1.29, 1.82) is 0 Å². The van der Waals surface area contributed by atoms with Crippen LogP contribution in [-0.4, -0.2) is 41.3 Å². The van der Waals surface area contributed by atoms with Crippen LogP contribution in [-0.2, 0) is 9.53 Å². The highest BCUT2D eigenvalue weighted by Crippen LogP contribution is 2.21. The van der Waals surface area contributed by atoms with Crippen molar-refractivity contribution in [3.8, 4) is 0 Å². The van der Waals surface area contributed by atoms with Gasteiger partial charge in [0.25, 0.3) is 0 Å². The third kappa shape index (κ3) is 10.5. The summed E-state index contributed by atoms with van der Waals surface area (Å²) in [6.07, 6.45) is 13.1. The van der Waals surface area contributed by atoms with Crippen molar-refractivity contribution in [2.45, 2.75) is 103 Å². The molecule has 0 saturated heterocycles. The molecule has 0 radical (unpaired) electrons. The quantitative estimate of drug-likeness (QED) is 0.234. The zero-order valence-electron chi connectivity index (χ0n) is 16.8. The lowest BCUT2D eigenvalue weighted by Crippen LogP contribution is -2.51. The number of esters is 1. The van der Waals surface area contributed by atoms with Crippen LogP contribution >= 0.6 is 0 Å². The van der Waals surface area contributed by atoms with Crippen LogP contribution in [0.25, 0.3) is 0 Å². The van der Waals surface area contributed by atoms with Gasteiger partial charge in [0, 0.05) is 0 Å². The second-order valence-corrected chi connectivity index (χ2v) is 7.24. The first kappa shape index (κ1) is 23.9. The maximum absolute atomic E-state index is 12.0. The number of hydrogen-bond donors (Lipinski definition) is 1. The van der Waals surface area contributed by atoms with Crippen molar-refractivity contribution in [1.82, 2.24) is 4.90 Å². The Labute approximate surface area is 154 Å². The van der Waals surface area contributed by atoms with Gasteiger partial charge in [-0.2, -0.15) is 0 Å². The summed E-state index contributed by atoms with van der Waals surface area (Å²) in [5.41, 5.74) is -0.878. The number of rotatable bonds is 15. The van der Waals surface area contributed by atoms with Gasteiger partial charge in [-0.25, -0.2) is 9.59 Å². The molecule has 0 heterocycles. The molecule has 0 aromatic rings. The summed E-state index contributed by atoms with van der Waals surface area (Å²) in [4.78, 5) is 24.5. The highest BCUT2D eigenvalue weighted by Gasteiger charge is 2.38. The Morgan fingerprint density at radius 3 is 1.72 bits per heavy atom. The second-order valence-electron chi connectivity index (χ2n) is 7.24. The Bertz CT molecular complexity index is 373.